The van der Waals surface area contributed by atoms with Crippen molar-refractivity contribution in [3.05, 3.63) is 0 Å². The molecule has 2 fully saturated rings. The van der Waals surface area contributed by atoms with Crippen LogP contribution in [0.25, 0.3) is 0 Å². The first-order valence-corrected chi connectivity index (χ1v) is 5.93. The van der Waals surface area contributed by atoms with Gasteiger partial charge in [0.15, 0.2) is 0 Å². The third-order valence-electron chi connectivity index (χ3n) is 3.43. The number of amides is 1. The van der Waals surface area contributed by atoms with Crippen LogP contribution < -0.4 is 10.6 Å². The molecule has 1 saturated heterocycles. The molecule has 2 aliphatic rings. The van der Waals surface area contributed by atoms with E-state index in [2.05, 4.69) is 10.6 Å². The molecule has 1 aliphatic heterocycles. The number of hydrogen-bond donors (Lipinski definition) is 2. The van der Waals surface area contributed by atoms with Crippen LogP contribution >= 0.6 is 12.4 Å². The summed E-state index contributed by atoms with van der Waals surface area (Å²) in [7, 11) is 0. The highest BCUT2D eigenvalue weighted by Gasteiger charge is 2.57. The predicted molar refractivity (Wildman–Crippen MR) is 63.5 cm³/mol. The fourth-order valence-corrected chi connectivity index (χ4v) is 2.13. The highest BCUT2D eigenvalue weighted by molar-refractivity contribution is 5.85. The Bertz CT molecular complexity index is 270. The Morgan fingerprint density at radius 3 is 2.47 bits per heavy atom. The van der Waals surface area contributed by atoms with Gasteiger partial charge in [-0.15, -0.1) is 12.4 Å². The molecule has 100 valence electrons. The number of rotatable bonds is 4. The van der Waals surface area contributed by atoms with E-state index < -0.39 is 11.8 Å². The smallest absolute Gasteiger partial charge is 0.252 e. The van der Waals surface area contributed by atoms with E-state index in [0.29, 0.717) is 12.5 Å². The van der Waals surface area contributed by atoms with Crippen molar-refractivity contribution in [2.24, 2.45) is 11.8 Å². The van der Waals surface area contributed by atoms with Crippen LogP contribution in [0.1, 0.15) is 25.7 Å². The van der Waals surface area contributed by atoms with Crippen LogP contribution in [0.2, 0.25) is 0 Å². The minimum Gasteiger partial charge on any atom is -0.356 e. The normalized spacial score (nSPS) is 27.1. The highest BCUT2D eigenvalue weighted by Crippen LogP contribution is 2.50. The predicted octanol–water partition coefficient (Wildman–Crippen LogP) is 1.57. The molecular formula is C11H19ClF2N2O. The van der Waals surface area contributed by atoms with Crippen LogP contribution in [0.15, 0.2) is 0 Å². The van der Waals surface area contributed by atoms with Gasteiger partial charge in [0.1, 0.15) is 0 Å². The lowest BCUT2D eigenvalue weighted by molar-refractivity contribution is -0.122. The zero-order chi connectivity index (χ0) is 11.6. The molecule has 0 bridgehead atoms. The van der Waals surface area contributed by atoms with E-state index in [1.807, 2.05) is 0 Å². The molecule has 1 unspecified atom stereocenters. The largest absolute Gasteiger partial charge is 0.356 e. The summed E-state index contributed by atoms with van der Waals surface area (Å²) >= 11 is 0. The average molecular weight is 269 g/mol. The first-order chi connectivity index (χ1) is 7.58. The molecule has 3 nitrogen and oxygen atoms in total. The van der Waals surface area contributed by atoms with E-state index >= 15 is 0 Å². The summed E-state index contributed by atoms with van der Waals surface area (Å²) in [6, 6.07) is 0. The Hall–Kier alpha value is -0.420. The number of hydrogen-bond acceptors (Lipinski definition) is 2. The molecule has 0 aromatic carbocycles. The van der Waals surface area contributed by atoms with Gasteiger partial charge in [0.05, 0.1) is 0 Å². The Labute approximate surface area is 106 Å². The van der Waals surface area contributed by atoms with Gasteiger partial charge in [-0.2, -0.15) is 0 Å². The summed E-state index contributed by atoms with van der Waals surface area (Å²) in [5.74, 6) is -3.00. The minimum atomic E-state index is -2.58. The molecule has 17 heavy (non-hydrogen) atoms. The summed E-state index contributed by atoms with van der Waals surface area (Å²) in [6.45, 7) is 2.61. The summed E-state index contributed by atoms with van der Waals surface area (Å²) in [5, 5.41) is 6.00. The topological polar surface area (TPSA) is 41.1 Å². The van der Waals surface area contributed by atoms with Gasteiger partial charge in [0.2, 0.25) is 5.91 Å². The van der Waals surface area contributed by atoms with E-state index in [9.17, 15) is 13.6 Å². The molecule has 0 aromatic heterocycles. The molecule has 0 spiro atoms. The van der Waals surface area contributed by atoms with Crippen molar-refractivity contribution in [2.75, 3.05) is 19.6 Å². The molecule has 1 amide bonds. The zero-order valence-corrected chi connectivity index (χ0v) is 10.5. The van der Waals surface area contributed by atoms with Crippen LogP contribution in [0.4, 0.5) is 8.78 Å². The van der Waals surface area contributed by atoms with Gasteiger partial charge in [0.25, 0.3) is 5.92 Å². The number of carbonyl (C=O) groups is 1. The Morgan fingerprint density at radius 1 is 1.35 bits per heavy atom. The van der Waals surface area contributed by atoms with Crippen molar-refractivity contribution in [2.45, 2.75) is 31.6 Å². The van der Waals surface area contributed by atoms with Gasteiger partial charge < -0.3 is 10.6 Å². The van der Waals surface area contributed by atoms with Crippen molar-refractivity contribution in [3.63, 3.8) is 0 Å². The number of alkyl halides is 2. The van der Waals surface area contributed by atoms with Crippen molar-refractivity contribution in [3.8, 4) is 0 Å². The number of nitrogens with one attached hydrogen (secondary N) is 2. The van der Waals surface area contributed by atoms with Crippen molar-refractivity contribution < 1.29 is 13.6 Å². The van der Waals surface area contributed by atoms with Gasteiger partial charge in [-0.05, 0) is 31.8 Å². The molecular weight excluding hydrogens is 250 g/mol. The fourth-order valence-electron chi connectivity index (χ4n) is 2.13. The lowest BCUT2D eigenvalue weighted by Gasteiger charge is -2.22. The molecule has 1 atom stereocenters. The van der Waals surface area contributed by atoms with Crippen molar-refractivity contribution >= 4 is 18.3 Å². The van der Waals surface area contributed by atoms with Gasteiger partial charge in [-0.1, -0.05) is 0 Å². The average Bonchev–Trinajstić information content (AvgIpc) is 2.84. The Morgan fingerprint density at radius 2 is 1.94 bits per heavy atom. The Kier molecular flexibility index (Phi) is 5.13. The summed E-state index contributed by atoms with van der Waals surface area (Å²) in [5.41, 5.74) is 0. The maximum Gasteiger partial charge on any atom is 0.252 e. The van der Waals surface area contributed by atoms with E-state index in [0.717, 1.165) is 25.9 Å². The van der Waals surface area contributed by atoms with Crippen LogP contribution in [-0.2, 0) is 4.79 Å². The molecule has 6 heteroatoms. The van der Waals surface area contributed by atoms with Gasteiger partial charge in [-0.25, -0.2) is 8.78 Å². The van der Waals surface area contributed by atoms with Gasteiger partial charge >= 0.3 is 0 Å². The molecule has 0 aromatic rings. The maximum atomic E-state index is 12.6. The first-order valence-electron chi connectivity index (χ1n) is 5.93. The SMILES string of the molecule is Cl.O=C(CC1CC1(F)F)NCC1CCNCC1. The zero-order valence-electron chi connectivity index (χ0n) is 9.68. The Balaban J connectivity index is 0.00000144. The van der Waals surface area contributed by atoms with Crippen LogP contribution in [0, 0.1) is 11.8 Å². The standard InChI is InChI=1S/C11H18F2N2O.ClH/c12-11(13)6-9(11)5-10(16)15-7-8-1-3-14-4-2-8;/h8-9,14H,1-7H2,(H,15,16);1H. The highest BCUT2D eigenvalue weighted by atomic mass is 35.5. The second-order valence-corrected chi connectivity index (χ2v) is 4.86. The molecule has 1 saturated carbocycles. The van der Waals surface area contributed by atoms with Gasteiger partial charge in [0, 0.05) is 25.3 Å². The summed E-state index contributed by atoms with van der Waals surface area (Å²) in [6.07, 6.45) is 1.98. The van der Waals surface area contributed by atoms with E-state index in [4.69, 9.17) is 0 Å². The quantitative estimate of drug-likeness (QED) is 0.813. The van der Waals surface area contributed by atoms with Gasteiger partial charge in [-0.3, -0.25) is 4.79 Å². The van der Waals surface area contributed by atoms with Crippen molar-refractivity contribution in [1.82, 2.24) is 10.6 Å². The second kappa shape index (κ2) is 5.96. The maximum absolute atomic E-state index is 12.6. The lowest BCUT2D eigenvalue weighted by Crippen LogP contribution is -2.36. The van der Waals surface area contributed by atoms with Crippen LogP contribution in [-0.4, -0.2) is 31.5 Å². The number of piperidine rings is 1. The summed E-state index contributed by atoms with van der Waals surface area (Å²) < 4.78 is 25.1. The van der Waals surface area contributed by atoms with Crippen LogP contribution in [0.5, 0.6) is 0 Å². The number of halogens is 3. The molecule has 0 radical (unpaired) electrons. The van der Waals surface area contributed by atoms with Crippen molar-refractivity contribution in [1.29, 1.82) is 0 Å². The summed E-state index contributed by atoms with van der Waals surface area (Å²) in [4.78, 5) is 11.4. The second-order valence-electron chi connectivity index (χ2n) is 4.86. The van der Waals surface area contributed by atoms with E-state index in [1.54, 1.807) is 0 Å². The van der Waals surface area contributed by atoms with Crippen LogP contribution in [0.3, 0.4) is 0 Å². The number of carbonyl (C=O) groups excluding carboxylic acids is 1. The van der Waals surface area contributed by atoms with E-state index in [-0.39, 0.29) is 31.2 Å². The first kappa shape index (κ1) is 14.6. The monoisotopic (exact) mass is 268 g/mol. The molecule has 1 heterocycles. The third-order valence-corrected chi connectivity index (χ3v) is 3.43. The fraction of sp³-hybridized carbons (Fsp3) is 0.909. The molecule has 2 rings (SSSR count). The lowest BCUT2D eigenvalue weighted by atomic mass is 9.98. The van der Waals surface area contributed by atoms with E-state index in [1.165, 1.54) is 0 Å². The molecule has 1 aliphatic carbocycles. The minimum absolute atomic E-state index is 0. The molecule has 2 N–H and O–H groups in total. The third kappa shape index (κ3) is 4.39.